The molecule has 0 atom stereocenters. The molecule has 3 N–H and O–H groups in total. The van der Waals surface area contributed by atoms with Gasteiger partial charge in [-0.1, -0.05) is 13.3 Å². The normalized spacial score (nSPS) is 18.5. The number of rotatable bonds is 3. The Kier molecular flexibility index (Phi) is 5.28. The van der Waals surface area contributed by atoms with E-state index in [0.29, 0.717) is 37.4 Å². The molecule has 152 valence electrons. The molecule has 1 fully saturated rings. The number of nitrogens with zero attached hydrogens (tertiary/aromatic N) is 3. The molecule has 0 unspecified atom stereocenters. The number of aryl methyl sites for hydroxylation is 1. The third-order valence-corrected chi connectivity index (χ3v) is 5.38. The first-order valence-electron chi connectivity index (χ1n) is 9.85. The molecule has 3 rings (SSSR count). The van der Waals surface area contributed by atoms with E-state index in [-0.39, 0.29) is 12.0 Å². The molecule has 3 heterocycles. The van der Waals surface area contributed by atoms with Gasteiger partial charge in [0.1, 0.15) is 17.2 Å². The Labute approximate surface area is 165 Å². The van der Waals surface area contributed by atoms with Gasteiger partial charge in [-0.3, -0.25) is 5.10 Å². The summed E-state index contributed by atoms with van der Waals surface area (Å²) in [5.74, 6) is 0.558. The van der Waals surface area contributed by atoms with E-state index >= 15 is 0 Å². The Morgan fingerprint density at radius 2 is 2.11 bits per heavy atom. The fourth-order valence-electron chi connectivity index (χ4n) is 4.04. The van der Waals surface area contributed by atoms with E-state index in [4.69, 9.17) is 15.2 Å². The van der Waals surface area contributed by atoms with E-state index in [2.05, 4.69) is 23.2 Å². The number of H-pyrrole nitrogens is 1. The van der Waals surface area contributed by atoms with Crippen LogP contribution in [-0.4, -0.2) is 39.9 Å². The summed E-state index contributed by atoms with van der Waals surface area (Å²) >= 11 is 0. The van der Waals surface area contributed by atoms with Gasteiger partial charge in [-0.25, -0.2) is 4.79 Å². The molecular weight excluding hydrogens is 358 g/mol. The number of allylic oxidation sites excluding steroid dienone is 1. The highest BCUT2D eigenvalue weighted by atomic mass is 16.6. The van der Waals surface area contributed by atoms with Crippen molar-refractivity contribution in [2.75, 3.05) is 13.1 Å². The molecule has 1 aromatic rings. The molecule has 2 aliphatic rings. The van der Waals surface area contributed by atoms with Crippen molar-refractivity contribution in [3.8, 4) is 11.9 Å². The lowest BCUT2D eigenvalue weighted by atomic mass is 9.66. The maximum atomic E-state index is 12.5. The number of fused-ring (bicyclic) bond motifs is 2. The number of hydrogen-bond acceptors (Lipinski definition) is 6. The largest absolute Gasteiger partial charge is 0.444 e. The second kappa shape index (κ2) is 7.38. The number of nitrogens with two attached hydrogens (primary N) is 1. The third kappa shape index (κ3) is 3.53. The Balaban J connectivity index is 1.91. The van der Waals surface area contributed by atoms with E-state index in [1.807, 2.05) is 20.8 Å². The Hall–Kier alpha value is -2.69. The molecule has 0 saturated carbocycles. The minimum Gasteiger partial charge on any atom is -0.444 e. The second-order valence-corrected chi connectivity index (χ2v) is 8.49. The molecule has 1 saturated heterocycles. The van der Waals surface area contributed by atoms with E-state index < -0.39 is 11.0 Å². The fourth-order valence-corrected chi connectivity index (χ4v) is 4.04. The molecule has 0 aliphatic carbocycles. The van der Waals surface area contributed by atoms with Crippen LogP contribution in [0.5, 0.6) is 5.88 Å². The lowest BCUT2D eigenvalue weighted by molar-refractivity contribution is 0.0176. The van der Waals surface area contributed by atoms with Gasteiger partial charge in [0.25, 0.3) is 0 Å². The maximum absolute atomic E-state index is 12.5. The molecule has 2 aliphatic heterocycles. The van der Waals surface area contributed by atoms with Crippen LogP contribution in [0.25, 0.3) is 0 Å². The first-order valence-corrected chi connectivity index (χ1v) is 9.85. The topological polar surface area (TPSA) is 117 Å². The Bertz CT molecular complexity index is 820. The van der Waals surface area contributed by atoms with Crippen molar-refractivity contribution in [1.82, 2.24) is 15.1 Å². The number of likely N-dealkylation sites (tertiary alicyclic amines) is 1. The van der Waals surface area contributed by atoms with E-state index in [0.717, 1.165) is 30.5 Å². The van der Waals surface area contributed by atoms with Gasteiger partial charge < -0.3 is 20.1 Å². The van der Waals surface area contributed by atoms with Gasteiger partial charge in [0.05, 0.1) is 0 Å². The fraction of sp³-hybridized carbons (Fsp3) is 0.650. The number of nitrogens with one attached hydrogen (secondary N) is 1. The standard InChI is InChI=1S/C20H29N5O3/c1-5-6-7-14-15-17(24-23-14)27-16(22)13(12-21)20(15)8-10-25(11-9-20)18(26)28-19(2,3)4/h5-11,22H2,1-4H3,(H,23,24). The molecule has 1 aromatic heterocycles. The summed E-state index contributed by atoms with van der Waals surface area (Å²) in [6, 6.07) is 2.26. The van der Waals surface area contributed by atoms with E-state index in [1.54, 1.807) is 4.90 Å². The first-order chi connectivity index (χ1) is 13.2. The average molecular weight is 387 g/mol. The number of nitriles is 1. The van der Waals surface area contributed by atoms with Gasteiger partial charge in [0, 0.05) is 29.8 Å². The number of unbranched alkanes of at least 4 members (excludes halogenated alkanes) is 1. The zero-order valence-electron chi connectivity index (χ0n) is 17.1. The van der Waals surface area contributed by atoms with Gasteiger partial charge in [0.15, 0.2) is 0 Å². The van der Waals surface area contributed by atoms with Crippen LogP contribution >= 0.6 is 0 Å². The van der Waals surface area contributed by atoms with Crippen LogP contribution < -0.4 is 10.5 Å². The van der Waals surface area contributed by atoms with Crippen LogP contribution in [0.15, 0.2) is 11.5 Å². The van der Waals surface area contributed by atoms with Crippen LogP contribution in [0.1, 0.15) is 64.6 Å². The van der Waals surface area contributed by atoms with Gasteiger partial charge in [-0.05, 0) is 46.5 Å². The van der Waals surface area contributed by atoms with Crippen molar-refractivity contribution in [3.63, 3.8) is 0 Å². The van der Waals surface area contributed by atoms with Crippen molar-refractivity contribution in [3.05, 3.63) is 22.7 Å². The molecule has 28 heavy (non-hydrogen) atoms. The summed E-state index contributed by atoms with van der Waals surface area (Å²) in [4.78, 5) is 14.2. The van der Waals surface area contributed by atoms with Crippen molar-refractivity contribution in [2.45, 2.75) is 70.8 Å². The second-order valence-electron chi connectivity index (χ2n) is 8.49. The number of amides is 1. The number of aromatic nitrogens is 2. The van der Waals surface area contributed by atoms with Gasteiger partial charge in [0.2, 0.25) is 11.8 Å². The van der Waals surface area contributed by atoms with Crippen LogP contribution in [0.3, 0.4) is 0 Å². The quantitative estimate of drug-likeness (QED) is 0.823. The number of carbonyl (C=O) groups excluding carboxylic acids is 1. The smallest absolute Gasteiger partial charge is 0.410 e. The number of piperidine rings is 1. The highest BCUT2D eigenvalue weighted by molar-refractivity contribution is 5.68. The molecule has 1 spiro atoms. The summed E-state index contributed by atoms with van der Waals surface area (Å²) < 4.78 is 11.2. The van der Waals surface area contributed by atoms with Crippen LogP contribution in [-0.2, 0) is 16.6 Å². The molecule has 1 amide bonds. The SMILES string of the molecule is CCCCc1[nH]nc2c1C1(CCN(C(=O)OC(C)(C)C)CC1)C(C#N)=C(N)O2. The monoisotopic (exact) mass is 387 g/mol. The number of aromatic amines is 1. The molecule has 0 bridgehead atoms. The lowest BCUT2D eigenvalue weighted by Crippen LogP contribution is -2.49. The van der Waals surface area contributed by atoms with Crippen molar-refractivity contribution in [2.24, 2.45) is 5.73 Å². The summed E-state index contributed by atoms with van der Waals surface area (Å²) in [7, 11) is 0. The predicted molar refractivity (Wildman–Crippen MR) is 103 cm³/mol. The van der Waals surface area contributed by atoms with Crippen molar-refractivity contribution in [1.29, 1.82) is 5.26 Å². The van der Waals surface area contributed by atoms with Crippen LogP contribution in [0.4, 0.5) is 4.79 Å². The Morgan fingerprint density at radius 3 is 2.68 bits per heavy atom. The summed E-state index contributed by atoms with van der Waals surface area (Å²) in [6.07, 6.45) is 3.71. The average Bonchev–Trinajstić information content (AvgIpc) is 3.02. The van der Waals surface area contributed by atoms with Crippen molar-refractivity contribution < 1.29 is 14.3 Å². The van der Waals surface area contributed by atoms with E-state index in [1.165, 1.54) is 0 Å². The highest BCUT2D eigenvalue weighted by Crippen LogP contribution is 2.50. The van der Waals surface area contributed by atoms with Crippen LogP contribution in [0, 0.1) is 11.3 Å². The first kappa shape index (κ1) is 20.1. The summed E-state index contributed by atoms with van der Waals surface area (Å²) in [5.41, 5.74) is 7.30. The predicted octanol–water partition coefficient (Wildman–Crippen LogP) is 3.11. The third-order valence-electron chi connectivity index (χ3n) is 5.38. The van der Waals surface area contributed by atoms with Crippen molar-refractivity contribution >= 4 is 6.09 Å². The summed E-state index contributed by atoms with van der Waals surface area (Å²) in [6.45, 7) is 8.64. The maximum Gasteiger partial charge on any atom is 0.410 e. The Morgan fingerprint density at radius 1 is 1.43 bits per heavy atom. The zero-order chi connectivity index (χ0) is 20.5. The van der Waals surface area contributed by atoms with Crippen LogP contribution in [0.2, 0.25) is 0 Å². The lowest BCUT2D eigenvalue weighted by Gasteiger charge is -2.43. The number of ether oxygens (including phenoxy) is 2. The highest BCUT2D eigenvalue weighted by Gasteiger charge is 2.49. The molecule has 0 radical (unpaired) electrons. The molecule has 8 nitrogen and oxygen atoms in total. The minimum absolute atomic E-state index is 0.106. The summed E-state index contributed by atoms with van der Waals surface area (Å²) in [5, 5.41) is 17.2. The van der Waals surface area contributed by atoms with Gasteiger partial charge >= 0.3 is 6.09 Å². The minimum atomic E-state index is -0.582. The molecular formula is C20H29N5O3. The number of hydrogen-bond donors (Lipinski definition) is 2. The van der Waals surface area contributed by atoms with Gasteiger partial charge in [-0.2, -0.15) is 5.26 Å². The number of carbonyl (C=O) groups is 1. The van der Waals surface area contributed by atoms with Gasteiger partial charge in [-0.15, -0.1) is 5.10 Å². The molecule has 0 aromatic carbocycles. The molecule has 8 heteroatoms. The zero-order valence-corrected chi connectivity index (χ0v) is 17.1. The van der Waals surface area contributed by atoms with E-state index in [9.17, 15) is 10.1 Å².